The van der Waals surface area contributed by atoms with Crippen molar-refractivity contribution in [2.24, 2.45) is 59.2 Å². The average molecular weight is 1040 g/mol. The first-order valence-electron chi connectivity index (χ1n) is 22.2. The highest BCUT2D eigenvalue weighted by Crippen LogP contribution is 2.40. The van der Waals surface area contributed by atoms with Crippen LogP contribution >= 0.6 is 69.6 Å². The molecule has 4 fully saturated rings. The molecule has 4 saturated heterocycles. The van der Waals surface area contributed by atoms with E-state index in [1.54, 1.807) is 6.08 Å². The summed E-state index contributed by atoms with van der Waals surface area (Å²) in [7, 11) is 0. The van der Waals surface area contributed by atoms with Crippen LogP contribution in [0.3, 0.4) is 0 Å². The summed E-state index contributed by atoms with van der Waals surface area (Å²) < 4.78 is 58.1. The topological polar surface area (TPSA) is 171 Å². The molecule has 4 rings (SSSR count). The number of hydrogen-bond donors (Lipinski definition) is 3. The number of nitrogens with one attached hydrogen (secondary N) is 2. The molecular weight excluding hydrogens is 965 g/mol. The van der Waals surface area contributed by atoms with Gasteiger partial charge in [0.15, 0.2) is 25.2 Å². The van der Waals surface area contributed by atoms with Crippen LogP contribution in [0.25, 0.3) is 0 Å². The number of alkyl halides is 6. The van der Waals surface area contributed by atoms with Crippen LogP contribution in [0.5, 0.6) is 0 Å². The summed E-state index contributed by atoms with van der Waals surface area (Å²) in [6.07, 6.45) is -4.69. The monoisotopic (exact) mass is 1030 g/mol. The van der Waals surface area contributed by atoms with Crippen molar-refractivity contribution in [2.45, 2.75) is 138 Å². The van der Waals surface area contributed by atoms with E-state index < -0.39 is 82.4 Å². The highest BCUT2D eigenvalue weighted by molar-refractivity contribution is 6.68. The van der Waals surface area contributed by atoms with Crippen molar-refractivity contribution in [3.63, 3.8) is 0 Å². The van der Waals surface area contributed by atoms with E-state index in [2.05, 4.69) is 58.8 Å². The van der Waals surface area contributed by atoms with E-state index in [1.165, 1.54) is 0 Å². The lowest BCUT2D eigenvalue weighted by molar-refractivity contribution is -0.307. The summed E-state index contributed by atoms with van der Waals surface area (Å²) in [5, 5.41) is 15.6. The van der Waals surface area contributed by atoms with Crippen LogP contribution in [-0.4, -0.2) is 133 Å². The normalized spacial score (nSPS) is 40.9. The zero-order chi connectivity index (χ0) is 47.8. The molecule has 0 aliphatic carbocycles. The van der Waals surface area contributed by atoms with Gasteiger partial charge in [-0.05, 0) is 47.3 Å². The second-order valence-corrected chi connectivity index (χ2v) is 23.3. The maximum atomic E-state index is 13.1. The van der Waals surface area contributed by atoms with E-state index in [9.17, 15) is 14.7 Å². The minimum Gasteiger partial charge on any atom is -0.445 e. The standard InChI is InChI=1S/C43H70Cl6N2O13/c1-12-13-55-38-34(50-40(53)59-18-42(44,45)46)26(8)24(6)33(63-38)17-58-39-35(51-41(54)60-19-43(47,48)49)27(9)25(7)32(64-39)16-57-37-29(11)21(3)23(5)31(62-37)15-56-36-28(10)20(2)22(4)30(14-52)61-36/h12,20-39,52H,1,13-19H2,2-11H3,(H,50,53)(H,51,54)/t20-,21-,22-,23-,24-,25-,26-,27-,28?,29?,30?,31?,32?,33?,34?,35?,36+,37+,38+,39+/m0/s1. The molecule has 64 heavy (non-hydrogen) atoms. The fraction of sp³-hybridized carbons (Fsp3) is 0.907. The van der Waals surface area contributed by atoms with Gasteiger partial charge in [0.2, 0.25) is 7.59 Å². The molecule has 0 bridgehead atoms. The van der Waals surface area contributed by atoms with Crippen LogP contribution in [-0.2, 0) is 47.4 Å². The molecule has 0 aromatic heterocycles. The molecule has 0 aromatic rings. The summed E-state index contributed by atoms with van der Waals surface area (Å²) in [5.41, 5.74) is 0. The van der Waals surface area contributed by atoms with Crippen molar-refractivity contribution in [3.05, 3.63) is 12.7 Å². The Labute approximate surface area is 409 Å². The Hall–Kier alpha value is -0.340. The van der Waals surface area contributed by atoms with Crippen molar-refractivity contribution >= 4 is 81.8 Å². The van der Waals surface area contributed by atoms with Crippen LogP contribution in [0.2, 0.25) is 0 Å². The highest BCUT2D eigenvalue weighted by Gasteiger charge is 2.48. The lowest BCUT2D eigenvalue weighted by atomic mass is 9.78. The summed E-state index contributed by atoms with van der Waals surface area (Å²) in [6.45, 7) is 24.0. The number of hydrogen-bond acceptors (Lipinski definition) is 13. The maximum absolute atomic E-state index is 13.1. The Bertz CT molecular complexity index is 1480. The van der Waals surface area contributed by atoms with Crippen molar-refractivity contribution < 1.29 is 62.1 Å². The minimum atomic E-state index is -1.82. The van der Waals surface area contributed by atoms with Gasteiger partial charge in [0, 0.05) is 11.8 Å². The molecule has 21 heteroatoms. The molecule has 20 atom stereocenters. The zero-order valence-electron chi connectivity index (χ0n) is 38.4. The quantitative estimate of drug-likeness (QED) is 0.0938. The predicted octanol–water partition coefficient (Wildman–Crippen LogP) is 8.42. The molecule has 0 radical (unpaired) electrons. The largest absolute Gasteiger partial charge is 0.445 e. The average Bonchev–Trinajstić information content (AvgIpc) is 3.23. The number of aliphatic hydroxyl groups excluding tert-OH is 1. The first-order chi connectivity index (χ1) is 29.9. The van der Waals surface area contributed by atoms with Crippen LogP contribution in [0, 0.1) is 59.2 Å². The molecule has 4 heterocycles. The number of halogens is 6. The van der Waals surface area contributed by atoms with Crippen LogP contribution < -0.4 is 10.6 Å². The maximum Gasteiger partial charge on any atom is 0.407 e. The van der Waals surface area contributed by atoms with E-state index in [0.717, 1.165) is 0 Å². The summed E-state index contributed by atoms with van der Waals surface area (Å²) in [4.78, 5) is 25.8. The minimum absolute atomic E-state index is 0.00449. The smallest absolute Gasteiger partial charge is 0.407 e. The number of ether oxygens (including phenoxy) is 10. The van der Waals surface area contributed by atoms with Gasteiger partial charge < -0.3 is 63.1 Å². The van der Waals surface area contributed by atoms with Gasteiger partial charge in [0.05, 0.1) is 69.5 Å². The van der Waals surface area contributed by atoms with Gasteiger partial charge in [-0.2, -0.15) is 0 Å². The molecule has 0 saturated carbocycles. The van der Waals surface area contributed by atoms with Crippen molar-refractivity contribution in [1.82, 2.24) is 10.6 Å². The lowest BCUT2D eigenvalue weighted by Gasteiger charge is -2.48. The second kappa shape index (κ2) is 25.0. The summed E-state index contributed by atoms with van der Waals surface area (Å²) >= 11 is 34.9. The first kappa shape index (κ1) is 56.2. The van der Waals surface area contributed by atoms with Gasteiger partial charge in [-0.15, -0.1) is 6.58 Å². The molecule has 2 amide bonds. The van der Waals surface area contributed by atoms with Gasteiger partial charge in [-0.3, -0.25) is 0 Å². The van der Waals surface area contributed by atoms with Crippen LogP contribution in [0.4, 0.5) is 9.59 Å². The zero-order valence-corrected chi connectivity index (χ0v) is 42.9. The molecule has 8 unspecified atom stereocenters. The Morgan fingerprint density at radius 3 is 1.22 bits per heavy atom. The van der Waals surface area contributed by atoms with Gasteiger partial charge >= 0.3 is 12.2 Å². The Morgan fingerprint density at radius 1 is 0.516 bits per heavy atom. The third-order valence-electron chi connectivity index (χ3n) is 14.3. The van der Waals surface area contributed by atoms with E-state index >= 15 is 0 Å². The molecule has 372 valence electrons. The fourth-order valence-electron chi connectivity index (χ4n) is 8.79. The van der Waals surface area contributed by atoms with Gasteiger partial charge in [0.1, 0.15) is 13.2 Å². The summed E-state index contributed by atoms with van der Waals surface area (Å²) in [6, 6.07) is -1.37. The second-order valence-electron chi connectivity index (χ2n) is 18.3. The molecule has 0 spiro atoms. The van der Waals surface area contributed by atoms with E-state index in [4.69, 9.17) is 117 Å². The van der Waals surface area contributed by atoms with Gasteiger partial charge in [-0.1, -0.05) is 145 Å². The SMILES string of the molecule is C=CCO[C@@H]1OC(CO[C@@H]2OC(CO[C@@H]3OC(CO[C@@H]4OC(CO)[C@@H](C)[C@H](C)C4C)[C@@H](C)[C@H](C)C3C)[C@@H](C)[C@H](C)C2NC(=O)OCC(Cl)(Cl)Cl)[C@@H](C)[C@H](C)C1NC(=O)OCC(Cl)(Cl)Cl. The highest BCUT2D eigenvalue weighted by atomic mass is 35.6. The third kappa shape index (κ3) is 15.6. The number of rotatable bonds is 17. The van der Waals surface area contributed by atoms with Crippen LogP contribution in [0.1, 0.15) is 69.2 Å². The Kier molecular flexibility index (Phi) is 22.0. The molecular formula is C43H70Cl6N2O13. The Balaban J connectivity index is 1.47. The van der Waals surface area contributed by atoms with E-state index in [0.29, 0.717) is 12.5 Å². The van der Waals surface area contributed by atoms with Crippen molar-refractivity contribution in [1.29, 1.82) is 0 Å². The Morgan fingerprint density at radius 2 is 0.844 bits per heavy atom. The van der Waals surface area contributed by atoms with Crippen molar-refractivity contribution in [3.8, 4) is 0 Å². The molecule has 4 aliphatic rings. The molecule has 0 aromatic carbocycles. The fourth-order valence-corrected chi connectivity index (χ4v) is 9.12. The number of carbonyl (C=O) groups is 2. The van der Waals surface area contributed by atoms with Crippen LogP contribution in [0.15, 0.2) is 12.7 Å². The number of aliphatic hydroxyl groups is 1. The lowest BCUT2D eigenvalue weighted by Crippen LogP contribution is -2.61. The number of amides is 2. The number of alkyl carbamates (subject to hydrolysis) is 2. The molecule has 15 nitrogen and oxygen atoms in total. The van der Waals surface area contributed by atoms with Gasteiger partial charge in [0.25, 0.3) is 0 Å². The predicted molar refractivity (Wildman–Crippen MR) is 244 cm³/mol. The molecule has 3 N–H and O–H groups in total. The van der Waals surface area contributed by atoms with Gasteiger partial charge in [-0.25, -0.2) is 9.59 Å². The van der Waals surface area contributed by atoms with Crippen molar-refractivity contribution in [2.75, 3.05) is 46.2 Å². The van der Waals surface area contributed by atoms with E-state index in [1.807, 2.05) is 27.7 Å². The molecule has 4 aliphatic heterocycles. The first-order valence-corrected chi connectivity index (χ1v) is 24.4. The number of carbonyl (C=O) groups excluding carboxylic acids is 2. The summed E-state index contributed by atoms with van der Waals surface area (Å²) in [5.74, 6) is 0.247. The van der Waals surface area contributed by atoms with E-state index in [-0.39, 0.29) is 91.9 Å². The third-order valence-corrected chi connectivity index (χ3v) is 14.9.